The second kappa shape index (κ2) is 21.0. The van der Waals surface area contributed by atoms with Gasteiger partial charge in [-0.2, -0.15) is 11.8 Å². The SMILES string of the molecule is CC.CCCN(C)C(=O)c1cccc(-c2ccc3c(c2)C=CCC3)c1.CSCc1ccccc1.O=CNCC(=O)O. The van der Waals surface area contributed by atoms with Gasteiger partial charge in [-0.15, -0.1) is 0 Å². The predicted octanol–water partition coefficient (Wildman–Crippen LogP) is 7.19. The van der Waals surface area contributed by atoms with E-state index in [1.165, 1.54) is 22.3 Å². The van der Waals surface area contributed by atoms with Gasteiger partial charge in [0.2, 0.25) is 6.41 Å². The quantitative estimate of drug-likeness (QED) is 0.263. The molecule has 1 aliphatic carbocycles. The third-order valence-corrected chi connectivity index (χ3v) is 6.48. The number of hydrogen-bond acceptors (Lipinski definition) is 4. The Balaban J connectivity index is 0.000000384. The fraction of sp³-hybridized carbons (Fsp3) is 0.324. The Morgan fingerprint density at radius 3 is 2.32 bits per heavy atom. The summed E-state index contributed by atoms with van der Waals surface area (Å²) in [7, 11) is 1.86. The summed E-state index contributed by atoms with van der Waals surface area (Å²) >= 11 is 1.85. The standard InChI is InChI=1S/C21H23NO.C8H10S.C3H5NO3.C2H6/c1-3-13-22(2)21(23)20-10-6-9-18(15-20)19-12-11-16-7-4-5-8-17(16)14-19;1-9-7-8-5-3-2-4-6-8;5-2-4-1-3(6)7;1-2/h5-6,8-12,14-15H,3-4,7,13H2,1-2H3;2-6H,7H2,1H3;2H,1H2,(H,4,5)(H,6,7);1-2H3. The smallest absolute Gasteiger partial charge is 0.322 e. The zero-order chi connectivity index (χ0) is 30.5. The number of rotatable bonds is 9. The van der Waals surface area contributed by atoms with Crippen LogP contribution in [0.5, 0.6) is 0 Å². The Morgan fingerprint density at radius 1 is 1.00 bits per heavy atom. The summed E-state index contributed by atoms with van der Waals surface area (Å²) in [6.07, 6.45) is 10.1. The highest BCUT2D eigenvalue weighted by Gasteiger charge is 2.12. The van der Waals surface area contributed by atoms with E-state index in [1.807, 2.05) is 62.2 Å². The molecule has 220 valence electrons. The number of nitrogens with zero attached hydrogens (tertiary/aromatic N) is 1. The third kappa shape index (κ3) is 13.4. The van der Waals surface area contributed by atoms with Crippen molar-refractivity contribution in [1.29, 1.82) is 0 Å². The van der Waals surface area contributed by atoms with Gasteiger partial charge >= 0.3 is 5.97 Å². The zero-order valence-corrected chi connectivity index (χ0v) is 25.7. The minimum atomic E-state index is -1.04. The van der Waals surface area contributed by atoms with Gasteiger partial charge in [0.25, 0.3) is 5.91 Å². The number of aryl methyl sites for hydroxylation is 1. The average Bonchev–Trinajstić information content (AvgIpc) is 3.02. The minimum Gasteiger partial charge on any atom is -0.480 e. The van der Waals surface area contributed by atoms with Crippen LogP contribution in [0.4, 0.5) is 0 Å². The van der Waals surface area contributed by atoms with Gasteiger partial charge < -0.3 is 15.3 Å². The van der Waals surface area contributed by atoms with Gasteiger partial charge in [0, 0.05) is 24.9 Å². The molecule has 0 fully saturated rings. The van der Waals surface area contributed by atoms with Gasteiger partial charge in [0.05, 0.1) is 0 Å². The Labute approximate surface area is 249 Å². The number of fused-ring (bicyclic) bond motifs is 1. The highest BCUT2D eigenvalue weighted by molar-refractivity contribution is 7.97. The molecule has 3 aromatic carbocycles. The van der Waals surface area contributed by atoms with Gasteiger partial charge in [0.1, 0.15) is 6.54 Å². The maximum absolute atomic E-state index is 12.5. The number of benzene rings is 3. The Bertz CT molecular complexity index is 1230. The molecule has 0 aliphatic heterocycles. The highest BCUT2D eigenvalue weighted by atomic mass is 32.2. The molecule has 0 radical (unpaired) electrons. The summed E-state index contributed by atoms with van der Waals surface area (Å²) in [4.78, 5) is 33.1. The fourth-order valence-electron chi connectivity index (χ4n) is 3.97. The summed E-state index contributed by atoms with van der Waals surface area (Å²) in [5.41, 5.74) is 7.14. The molecule has 0 unspecified atom stereocenters. The van der Waals surface area contributed by atoms with Crippen LogP contribution >= 0.6 is 11.8 Å². The minimum absolute atomic E-state index is 0.0894. The van der Waals surface area contributed by atoms with E-state index < -0.39 is 5.97 Å². The maximum atomic E-state index is 12.5. The van der Waals surface area contributed by atoms with E-state index in [9.17, 15) is 14.4 Å². The average molecular weight is 577 g/mol. The molecule has 7 heteroatoms. The number of nitrogens with one attached hydrogen (secondary N) is 1. The molecule has 6 nitrogen and oxygen atoms in total. The van der Waals surface area contributed by atoms with Crippen LogP contribution in [0, 0.1) is 0 Å². The van der Waals surface area contributed by atoms with Gasteiger partial charge in [-0.25, -0.2) is 0 Å². The number of thioether (sulfide) groups is 1. The topological polar surface area (TPSA) is 86.7 Å². The summed E-state index contributed by atoms with van der Waals surface area (Å²) in [5.74, 6) is 0.180. The molecule has 41 heavy (non-hydrogen) atoms. The normalized spacial score (nSPS) is 10.7. The van der Waals surface area contributed by atoms with Crippen molar-refractivity contribution in [1.82, 2.24) is 10.2 Å². The van der Waals surface area contributed by atoms with Gasteiger partial charge in [-0.1, -0.05) is 87.5 Å². The molecular weight excluding hydrogens is 532 g/mol. The molecule has 0 aromatic heterocycles. The van der Waals surface area contributed by atoms with Crippen molar-refractivity contribution in [2.75, 3.05) is 26.4 Å². The second-order valence-electron chi connectivity index (χ2n) is 8.97. The number of allylic oxidation sites excluding steroid dienone is 1. The Kier molecular flexibility index (Phi) is 18.0. The highest BCUT2D eigenvalue weighted by Crippen LogP contribution is 2.27. The molecule has 0 saturated heterocycles. The number of carbonyl (C=O) groups excluding carboxylic acids is 2. The van der Waals surface area contributed by atoms with Crippen molar-refractivity contribution in [3.63, 3.8) is 0 Å². The molecule has 0 atom stereocenters. The van der Waals surface area contributed by atoms with E-state index in [1.54, 1.807) is 4.90 Å². The molecule has 0 spiro atoms. The lowest BCUT2D eigenvalue weighted by Crippen LogP contribution is -2.27. The first kappa shape index (κ1) is 35.2. The number of carbonyl (C=O) groups is 3. The van der Waals surface area contributed by atoms with Crippen molar-refractivity contribution in [3.8, 4) is 11.1 Å². The molecular formula is C34H44N2O4S. The molecule has 2 N–H and O–H groups in total. The van der Waals surface area contributed by atoms with Crippen molar-refractivity contribution in [3.05, 3.63) is 101 Å². The van der Waals surface area contributed by atoms with Crippen LogP contribution in [-0.2, 0) is 21.8 Å². The van der Waals surface area contributed by atoms with Gasteiger partial charge in [-0.3, -0.25) is 14.4 Å². The van der Waals surface area contributed by atoms with Crippen LogP contribution < -0.4 is 5.32 Å². The predicted molar refractivity (Wildman–Crippen MR) is 173 cm³/mol. The van der Waals surface area contributed by atoms with Crippen LogP contribution in [-0.4, -0.2) is 54.7 Å². The van der Waals surface area contributed by atoms with Crippen LogP contribution in [0.3, 0.4) is 0 Å². The molecule has 0 saturated carbocycles. The third-order valence-electron chi connectivity index (χ3n) is 5.86. The molecule has 3 aromatic rings. The number of aliphatic carboxylic acids is 1. The number of carboxylic acids is 1. The lowest BCUT2D eigenvalue weighted by Gasteiger charge is -2.17. The summed E-state index contributed by atoms with van der Waals surface area (Å²) < 4.78 is 0. The summed E-state index contributed by atoms with van der Waals surface area (Å²) in [6.45, 7) is 6.57. The van der Waals surface area contributed by atoms with E-state index in [0.29, 0.717) is 6.41 Å². The van der Waals surface area contributed by atoms with Crippen molar-refractivity contribution in [2.45, 2.75) is 45.8 Å². The molecule has 1 aliphatic rings. The van der Waals surface area contributed by atoms with Crippen LogP contribution in [0.2, 0.25) is 0 Å². The monoisotopic (exact) mass is 576 g/mol. The first-order valence-electron chi connectivity index (χ1n) is 14.0. The van der Waals surface area contributed by atoms with Crippen molar-refractivity contribution < 1.29 is 19.5 Å². The molecule has 0 bridgehead atoms. The van der Waals surface area contributed by atoms with Crippen LogP contribution in [0.25, 0.3) is 17.2 Å². The zero-order valence-electron chi connectivity index (χ0n) is 24.9. The first-order chi connectivity index (χ1) is 19.9. The summed E-state index contributed by atoms with van der Waals surface area (Å²) in [5, 5.41) is 9.79. The summed E-state index contributed by atoms with van der Waals surface area (Å²) in [6, 6.07) is 25.0. The maximum Gasteiger partial charge on any atom is 0.322 e. The molecule has 2 amide bonds. The first-order valence-corrected chi connectivity index (χ1v) is 15.4. The number of amides is 2. The lowest BCUT2D eigenvalue weighted by molar-refractivity contribution is -0.136. The second-order valence-corrected chi connectivity index (χ2v) is 9.84. The lowest BCUT2D eigenvalue weighted by atomic mass is 9.93. The Hall–Kier alpha value is -3.84. The van der Waals surface area contributed by atoms with Gasteiger partial charge in [0.15, 0.2) is 0 Å². The van der Waals surface area contributed by atoms with Crippen LogP contribution in [0.15, 0.2) is 78.9 Å². The van der Waals surface area contributed by atoms with E-state index in [2.05, 4.69) is 73.9 Å². The van der Waals surface area contributed by atoms with E-state index >= 15 is 0 Å². The number of carboxylic acid groups (broad SMARTS) is 1. The van der Waals surface area contributed by atoms with E-state index in [0.717, 1.165) is 42.7 Å². The van der Waals surface area contributed by atoms with E-state index in [4.69, 9.17) is 5.11 Å². The van der Waals surface area contributed by atoms with E-state index in [-0.39, 0.29) is 12.5 Å². The largest absolute Gasteiger partial charge is 0.480 e. The number of hydrogen-bond donors (Lipinski definition) is 2. The molecule has 0 heterocycles. The Morgan fingerprint density at radius 2 is 1.71 bits per heavy atom. The van der Waals surface area contributed by atoms with Gasteiger partial charge in [-0.05, 0) is 71.5 Å². The molecule has 4 rings (SSSR count). The van der Waals surface area contributed by atoms with Crippen molar-refractivity contribution >= 4 is 36.1 Å². The van der Waals surface area contributed by atoms with Crippen LogP contribution in [0.1, 0.15) is 60.7 Å². The fourth-order valence-corrected chi connectivity index (χ4v) is 4.49. The van der Waals surface area contributed by atoms with Crippen molar-refractivity contribution in [2.24, 2.45) is 0 Å².